The summed E-state index contributed by atoms with van der Waals surface area (Å²) in [4.78, 5) is 4.17. The molecule has 1 aromatic rings. The molecule has 72 valence electrons. The molecule has 0 aromatic carbocycles. The van der Waals surface area contributed by atoms with Crippen molar-refractivity contribution < 1.29 is 0 Å². The second-order valence-electron chi connectivity index (χ2n) is 2.71. The molecule has 1 heterocycles. The summed E-state index contributed by atoms with van der Waals surface area (Å²) in [5.41, 5.74) is 2.25. The van der Waals surface area contributed by atoms with Crippen molar-refractivity contribution in [1.29, 1.82) is 0 Å². The fraction of sp³-hybridized carbons (Fsp3) is 0.0833. The van der Waals surface area contributed by atoms with Crippen molar-refractivity contribution in [1.82, 2.24) is 4.98 Å². The second kappa shape index (κ2) is 5.55. The van der Waals surface area contributed by atoms with Crippen molar-refractivity contribution >= 4 is 21.5 Å². The lowest BCUT2D eigenvalue weighted by Gasteiger charge is -2.00. The van der Waals surface area contributed by atoms with Crippen LogP contribution >= 0.6 is 15.9 Å². The number of aromatic nitrogens is 1. The monoisotopic (exact) mass is 249 g/mol. The van der Waals surface area contributed by atoms with Gasteiger partial charge in [0.15, 0.2) is 0 Å². The van der Waals surface area contributed by atoms with Crippen molar-refractivity contribution in [2.24, 2.45) is 0 Å². The van der Waals surface area contributed by atoms with Gasteiger partial charge in [0.25, 0.3) is 0 Å². The van der Waals surface area contributed by atoms with Crippen molar-refractivity contribution in [3.05, 3.63) is 59.4 Å². The quantitative estimate of drug-likeness (QED) is 0.583. The third-order valence-electron chi connectivity index (χ3n) is 1.78. The van der Waals surface area contributed by atoms with E-state index in [4.69, 9.17) is 0 Å². The Morgan fingerprint density at radius 3 is 2.79 bits per heavy atom. The van der Waals surface area contributed by atoms with Crippen LogP contribution in [0.5, 0.6) is 0 Å². The highest BCUT2D eigenvalue weighted by Crippen LogP contribution is 2.16. The van der Waals surface area contributed by atoms with Crippen LogP contribution in [-0.4, -0.2) is 4.98 Å². The predicted octanol–water partition coefficient (Wildman–Crippen LogP) is 3.99. The lowest BCUT2D eigenvalue weighted by molar-refractivity contribution is 1.26. The van der Waals surface area contributed by atoms with Crippen LogP contribution in [0.15, 0.2) is 53.8 Å². The molecule has 0 aliphatic rings. The number of pyridine rings is 1. The van der Waals surface area contributed by atoms with Gasteiger partial charge in [-0.15, -0.1) is 0 Å². The number of nitrogens with zero attached hydrogens (tertiary/aromatic N) is 1. The topological polar surface area (TPSA) is 12.9 Å². The standard InChI is InChI=1S/C12H12BrN/c1-3-5-6-10(4-2)11-7-8-12(13)14-9-11/h3-9H,1H2,2H3/b6-5-,10-4+. The molecule has 0 bridgehead atoms. The van der Waals surface area contributed by atoms with Crippen molar-refractivity contribution in [2.45, 2.75) is 6.92 Å². The summed E-state index contributed by atoms with van der Waals surface area (Å²) in [5, 5.41) is 0. The number of allylic oxidation sites excluding steroid dienone is 5. The van der Waals surface area contributed by atoms with E-state index in [1.54, 1.807) is 6.08 Å². The first kappa shape index (κ1) is 10.9. The average Bonchev–Trinajstić information content (AvgIpc) is 2.21. The first-order valence-electron chi connectivity index (χ1n) is 4.35. The van der Waals surface area contributed by atoms with E-state index in [2.05, 4.69) is 27.5 Å². The van der Waals surface area contributed by atoms with Gasteiger partial charge in [-0.05, 0) is 40.1 Å². The maximum Gasteiger partial charge on any atom is 0.106 e. The van der Waals surface area contributed by atoms with E-state index in [-0.39, 0.29) is 0 Å². The van der Waals surface area contributed by atoms with Crippen LogP contribution < -0.4 is 0 Å². The summed E-state index contributed by atoms with van der Waals surface area (Å²) in [6, 6.07) is 3.96. The van der Waals surface area contributed by atoms with E-state index in [0.717, 1.165) is 15.7 Å². The van der Waals surface area contributed by atoms with Gasteiger partial charge in [0.1, 0.15) is 4.60 Å². The average molecular weight is 250 g/mol. The normalized spacial score (nSPS) is 12.0. The highest BCUT2D eigenvalue weighted by molar-refractivity contribution is 9.10. The summed E-state index contributed by atoms with van der Waals surface area (Å²) in [7, 11) is 0. The molecule has 0 fully saturated rings. The van der Waals surface area contributed by atoms with Crippen LogP contribution in [-0.2, 0) is 0 Å². The Balaban J connectivity index is 2.96. The molecule has 0 unspecified atom stereocenters. The molecule has 0 spiro atoms. The van der Waals surface area contributed by atoms with Gasteiger partial charge in [0.05, 0.1) is 0 Å². The van der Waals surface area contributed by atoms with Gasteiger partial charge >= 0.3 is 0 Å². The van der Waals surface area contributed by atoms with E-state index in [1.165, 1.54) is 0 Å². The zero-order valence-electron chi connectivity index (χ0n) is 8.07. The highest BCUT2D eigenvalue weighted by atomic mass is 79.9. The third kappa shape index (κ3) is 2.96. The third-order valence-corrected chi connectivity index (χ3v) is 2.25. The Morgan fingerprint density at radius 1 is 1.50 bits per heavy atom. The first-order valence-corrected chi connectivity index (χ1v) is 5.14. The van der Waals surface area contributed by atoms with Gasteiger partial charge in [-0.2, -0.15) is 0 Å². The lowest BCUT2D eigenvalue weighted by atomic mass is 10.1. The van der Waals surface area contributed by atoms with E-state index in [0.29, 0.717) is 0 Å². The van der Waals surface area contributed by atoms with E-state index in [1.807, 2.05) is 43.5 Å². The van der Waals surface area contributed by atoms with Crippen LogP contribution in [0.1, 0.15) is 12.5 Å². The zero-order valence-corrected chi connectivity index (χ0v) is 9.66. The lowest BCUT2D eigenvalue weighted by Crippen LogP contribution is -1.82. The van der Waals surface area contributed by atoms with E-state index in [9.17, 15) is 0 Å². The van der Waals surface area contributed by atoms with Gasteiger partial charge in [-0.1, -0.05) is 36.9 Å². The molecular formula is C12H12BrN. The molecule has 1 rings (SSSR count). The van der Waals surface area contributed by atoms with Crippen LogP contribution in [0, 0.1) is 0 Å². The van der Waals surface area contributed by atoms with Crippen LogP contribution in [0.25, 0.3) is 5.57 Å². The summed E-state index contributed by atoms with van der Waals surface area (Å²) in [6.07, 6.45) is 9.57. The molecule has 0 aliphatic carbocycles. The maximum absolute atomic E-state index is 4.17. The van der Waals surface area contributed by atoms with Crippen molar-refractivity contribution in [2.75, 3.05) is 0 Å². The Kier molecular flexibility index (Phi) is 4.33. The molecule has 0 N–H and O–H groups in total. The van der Waals surface area contributed by atoms with E-state index < -0.39 is 0 Å². The summed E-state index contributed by atoms with van der Waals surface area (Å²) < 4.78 is 0.851. The second-order valence-corrected chi connectivity index (χ2v) is 3.52. The van der Waals surface area contributed by atoms with Gasteiger partial charge < -0.3 is 0 Å². The highest BCUT2D eigenvalue weighted by Gasteiger charge is 1.96. The molecule has 14 heavy (non-hydrogen) atoms. The summed E-state index contributed by atoms with van der Waals surface area (Å²) >= 11 is 3.30. The van der Waals surface area contributed by atoms with Crippen LogP contribution in [0.3, 0.4) is 0 Å². The summed E-state index contributed by atoms with van der Waals surface area (Å²) in [5.74, 6) is 0. The molecular weight excluding hydrogens is 238 g/mol. The number of halogens is 1. The first-order chi connectivity index (χ1) is 6.77. The molecule has 0 radical (unpaired) electrons. The summed E-state index contributed by atoms with van der Waals surface area (Å²) in [6.45, 7) is 5.64. The van der Waals surface area contributed by atoms with Crippen LogP contribution in [0.4, 0.5) is 0 Å². The molecule has 0 saturated heterocycles. The predicted molar refractivity (Wildman–Crippen MR) is 64.9 cm³/mol. The molecule has 0 atom stereocenters. The molecule has 0 saturated carbocycles. The minimum absolute atomic E-state index is 0.851. The number of rotatable bonds is 3. The maximum atomic E-state index is 4.17. The Labute approximate surface area is 93.0 Å². The fourth-order valence-corrected chi connectivity index (χ4v) is 1.31. The minimum atomic E-state index is 0.851. The fourth-order valence-electron chi connectivity index (χ4n) is 1.08. The van der Waals surface area contributed by atoms with Crippen molar-refractivity contribution in [3.63, 3.8) is 0 Å². The van der Waals surface area contributed by atoms with Crippen LogP contribution in [0.2, 0.25) is 0 Å². The number of hydrogen-bond acceptors (Lipinski definition) is 1. The molecule has 1 nitrogen and oxygen atoms in total. The van der Waals surface area contributed by atoms with Gasteiger partial charge in [0, 0.05) is 6.20 Å². The minimum Gasteiger partial charge on any atom is -0.249 e. The zero-order chi connectivity index (χ0) is 10.4. The number of hydrogen-bond donors (Lipinski definition) is 0. The Hall–Kier alpha value is -1.15. The Bertz CT molecular complexity index is 360. The smallest absolute Gasteiger partial charge is 0.106 e. The largest absolute Gasteiger partial charge is 0.249 e. The molecule has 1 aromatic heterocycles. The van der Waals surface area contributed by atoms with Crippen molar-refractivity contribution in [3.8, 4) is 0 Å². The molecule has 2 heteroatoms. The molecule has 0 aliphatic heterocycles. The SMILES string of the molecule is C=C/C=C\C(=C/C)c1ccc(Br)nc1. The van der Waals surface area contributed by atoms with Gasteiger partial charge in [-0.3, -0.25) is 0 Å². The Morgan fingerprint density at radius 2 is 2.29 bits per heavy atom. The van der Waals surface area contributed by atoms with Gasteiger partial charge in [-0.25, -0.2) is 4.98 Å². The molecule has 0 amide bonds. The van der Waals surface area contributed by atoms with Gasteiger partial charge in [0.2, 0.25) is 0 Å². The van der Waals surface area contributed by atoms with E-state index >= 15 is 0 Å².